The maximum Gasteiger partial charge on any atom is 0.311 e. The van der Waals surface area contributed by atoms with Crippen LogP contribution in [0.15, 0.2) is 17.2 Å². The molecule has 0 fully saturated rings. The maximum atomic E-state index is 10.9. The highest BCUT2D eigenvalue weighted by molar-refractivity contribution is 7.80. The van der Waals surface area contributed by atoms with Gasteiger partial charge in [0.05, 0.1) is 25.4 Å². The van der Waals surface area contributed by atoms with Gasteiger partial charge in [0.1, 0.15) is 5.75 Å². The molecule has 0 atom stereocenters. The fourth-order valence-electron chi connectivity index (χ4n) is 1.32. The molecule has 0 aliphatic carbocycles. The lowest BCUT2D eigenvalue weighted by Crippen LogP contribution is -2.24. The Kier molecular flexibility index (Phi) is 5.01. The molecular weight excluding hydrogens is 272 g/mol. The second-order valence-corrected chi connectivity index (χ2v) is 3.70. The van der Waals surface area contributed by atoms with Gasteiger partial charge in [-0.05, 0) is 12.2 Å². The van der Waals surface area contributed by atoms with Crippen LogP contribution >= 0.6 is 12.2 Å². The number of ether oxygens (including phenoxy) is 2. The van der Waals surface area contributed by atoms with E-state index in [2.05, 4.69) is 22.7 Å². The Labute approximate surface area is 114 Å². The Morgan fingerprint density at radius 2 is 2.11 bits per heavy atom. The van der Waals surface area contributed by atoms with Crippen molar-refractivity contribution in [3.63, 3.8) is 0 Å². The summed E-state index contributed by atoms with van der Waals surface area (Å²) >= 11 is 4.57. The molecule has 8 nitrogen and oxygen atoms in total. The van der Waals surface area contributed by atoms with E-state index in [9.17, 15) is 10.1 Å². The molecule has 0 unspecified atom stereocenters. The van der Waals surface area contributed by atoms with Crippen LogP contribution in [0, 0.1) is 10.1 Å². The van der Waals surface area contributed by atoms with Crippen molar-refractivity contribution in [2.45, 2.75) is 0 Å². The number of hydrogen-bond donors (Lipinski definition) is 2. The van der Waals surface area contributed by atoms with Gasteiger partial charge in [0.2, 0.25) is 5.75 Å². The number of hydrogen-bond acceptors (Lipinski definition) is 6. The predicted octanol–water partition coefficient (Wildman–Crippen LogP) is 0.779. The lowest BCUT2D eigenvalue weighted by Gasteiger charge is -2.08. The first kappa shape index (κ1) is 14.6. The lowest BCUT2D eigenvalue weighted by molar-refractivity contribution is -0.385. The van der Waals surface area contributed by atoms with Crippen LogP contribution < -0.4 is 20.6 Å². The number of nitrogens with zero attached hydrogens (tertiary/aromatic N) is 2. The van der Waals surface area contributed by atoms with E-state index in [0.717, 1.165) is 0 Å². The maximum absolute atomic E-state index is 10.9. The van der Waals surface area contributed by atoms with E-state index in [1.165, 1.54) is 32.6 Å². The van der Waals surface area contributed by atoms with E-state index in [4.69, 9.17) is 15.2 Å². The number of thiocarbonyl (C=S) groups is 1. The number of benzene rings is 1. The second kappa shape index (κ2) is 6.50. The van der Waals surface area contributed by atoms with Crippen LogP contribution in [0.4, 0.5) is 5.69 Å². The molecule has 0 saturated heterocycles. The number of nitrogens with one attached hydrogen (secondary N) is 1. The predicted molar refractivity (Wildman–Crippen MR) is 73.7 cm³/mol. The first-order valence-electron chi connectivity index (χ1n) is 4.98. The zero-order chi connectivity index (χ0) is 14.4. The minimum atomic E-state index is -0.559. The molecule has 0 saturated carbocycles. The van der Waals surface area contributed by atoms with Crippen molar-refractivity contribution in [1.29, 1.82) is 0 Å². The van der Waals surface area contributed by atoms with Gasteiger partial charge in [0, 0.05) is 17.7 Å². The third-order valence-electron chi connectivity index (χ3n) is 2.11. The highest BCUT2D eigenvalue weighted by atomic mass is 32.1. The van der Waals surface area contributed by atoms with Gasteiger partial charge in [0.15, 0.2) is 5.11 Å². The molecule has 3 N–H and O–H groups in total. The van der Waals surface area contributed by atoms with E-state index in [-0.39, 0.29) is 16.5 Å². The first-order valence-corrected chi connectivity index (χ1v) is 5.39. The minimum absolute atomic E-state index is 0.0155. The van der Waals surface area contributed by atoms with Crippen molar-refractivity contribution in [2.24, 2.45) is 10.8 Å². The number of nitro groups is 1. The number of nitro benzene ring substituents is 1. The standard InChI is InChI=1S/C10H12N4O4S/c1-17-8-4-9(18-2)7(14(15)16)3-6(8)5-12-13-10(11)19/h3-5H,1-2H3,(H3,11,13,19). The van der Waals surface area contributed by atoms with Gasteiger partial charge in [0.25, 0.3) is 0 Å². The van der Waals surface area contributed by atoms with E-state index in [0.29, 0.717) is 11.3 Å². The normalized spacial score (nSPS) is 10.2. The quantitative estimate of drug-likeness (QED) is 0.355. The SMILES string of the molecule is COc1cc(OC)c([N+](=O)[O-])cc1C=NNC(N)=S. The van der Waals surface area contributed by atoms with Gasteiger partial charge in [-0.1, -0.05) is 0 Å². The fraction of sp³-hybridized carbons (Fsp3) is 0.200. The van der Waals surface area contributed by atoms with Gasteiger partial charge in [-0.25, -0.2) is 0 Å². The minimum Gasteiger partial charge on any atom is -0.496 e. The zero-order valence-corrected chi connectivity index (χ0v) is 11.1. The number of hydrazone groups is 1. The van der Waals surface area contributed by atoms with Crippen molar-refractivity contribution in [3.05, 3.63) is 27.8 Å². The van der Waals surface area contributed by atoms with Crippen LogP contribution in [-0.2, 0) is 0 Å². The summed E-state index contributed by atoms with van der Waals surface area (Å²) in [5.74, 6) is 0.470. The molecule has 0 bridgehead atoms. The van der Waals surface area contributed by atoms with Crippen molar-refractivity contribution in [1.82, 2.24) is 5.43 Å². The molecule has 1 aromatic rings. The molecule has 1 aromatic carbocycles. The Morgan fingerprint density at radius 1 is 1.47 bits per heavy atom. The van der Waals surface area contributed by atoms with Crippen molar-refractivity contribution in [3.8, 4) is 11.5 Å². The smallest absolute Gasteiger partial charge is 0.311 e. The first-order chi connectivity index (χ1) is 8.99. The highest BCUT2D eigenvalue weighted by Gasteiger charge is 2.18. The van der Waals surface area contributed by atoms with E-state index >= 15 is 0 Å². The fourth-order valence-corrected chi connectivity index (χ4v) is 1.37. The van der Waals surface area contributed by atoms with E-state index < -0.39 is 4.92 Å². The molecule has 102 valence electrons. The Morgan fingerprint density at radius 3 is 2.58 bits per heavy atom. The summed E-state index contributed by atoms with van der Waals surface area (Å²) in [5, 5.41) is 14.6. The topological polar surface area (TPSA) is 112 Å². The lowest BCUT2D eigenvalue weighted by atomic mass is 10.1. The van der Waals surface area contributed by atoms with Crippen LogP contribution in [0.25, 0.3) is 0 Å². The van der Waals surface area contributed by atoms with Gasteiger partial charge in [-0.2, -0.15) is 5.10 Å². The third kappa shape index (κ3) is 3.78. The van der Waals surface area contributed by atoms with E-state index in [1.807, 2.05) is 0 Å². The van der Waals surface area contributed by atoms with Gasteiger partial charge in [-0.3, -0.25) is 15.5 Å². The second-order valence-electron chi connectivity index (χ2n) is 3.26. The summed E-state index contributed by atoms with van der Waals surface area (Å²) in [6.07, 6.45) is 1.31. The summed E-state index contributed by atoms with van der Waals surface area (Å²) < 4.78 is 10.0. The summed E-state index contributed by atoms with van der Waals surface area (Å²) in [4.78, 5) is 10.3. The van der Waals surface area contributed by atoms with Gasteiger partial charge in [-0.15, -0.1) is 0 Å². The van der Waals surface area contributed by atoms with Crippen molar-refractivity contribution < 1.29 is 14.4 Å². The highest BCUT2D eigenvalue weighted by Crippen LogP contribution is 2.33. The molecule has 0 spiro atoms. The van der Waals surface area contributed by atoms with Gasteiger partial charge >= 0.3 is 5.69 Å². The molecule has 0 aliphatic heterocycles. The number of nitrogens with two attached hydrogens (primary N) is 1. The van der Waals surface area contributed by atoms with Crippen molar-refractivity contribution in [2.75, 3.05) is 14.2 Å². The number of rotatable bonds is 5. The van der Waals surface area contributed by atoms with Crippen molar-refractivity contribution >= 4 is 29.2 Å². The van der Waals surface area contributed by atoms with Crippen LogP contribution in [0.3, 0.4) is 0 Å². The molecule has 0 aliphatic rings. The summed E-state index contributed by atoms with van der Waals surface area (Å²) in [5.41, 5.74) is 7.74. The third-order valence-corrected chi connectivity index (χ3v) is 2.20. The molecule has 19 heavy (non-hydrogen) atoms. The molecule has 9 heteroatoms. The summed E-state index contributed by atoms with van der Waals surface area (Å²) in [6.45, 7) is 0. The summed E-state index contributed by atoms with van der Waals surface area (Å²) in [7, 11) is 2.77. The Bertz CT molecular complexity index is 533. The monoisotopic (exact) mass is 284 g/mol. The van der Waals surface area contributed by atoms with Crippen LogP contribution in [0.1, 0.15) is 5.56 Å². The molecular formula is C10H12N4O4S. The zero-order valence-electron chi connectivity index (χ0n) is 10.2. The average Bonchev–Trinajstić information content (AvgIpc) is 2.37. The Balaban J connectivity index is 3.21. The van der Waals surface area contributed by atoms with Crippen LogP contribution in [-0.4, -0.2) is 30.5 Å². The van der Waals surface area contributed by atoms with Crippen LogP contribution in [0.5, 0.6) is 11.5 Å². The van der Waals surface area contributed by atoms with E-state index in [1.54, 1.807) is 0 Å². The van der Waals surface area contributed by atoms with Crippen LogP contribution in [0.2, 0.25) is 0 Å². The molecule has 0 aromatic heterocycles. The Hall–Kier alpha value is -2.42. The molecule has 0 radical (unpaired) electrons. The molecule has 0 heterocycles. The molecule has 0 amide bonds. The number of methoxy groups -OCH3 is 2. The molecule has 1 rings (SSSR count). The summed E-state index contributed by atoms with van der Waals surface area (Å²) in [6, 6.07) is 2.68. The largest absolute Gasteiger partial charge is 0.496 e. The van der Waals surface area contributed by atoms with Gasteiger partial charge < -0.3 is 15.2 Å². The average molecular weight is 284 g/mol.